The van der Waals surface area contributed by atoms with E-state index in [1.807, 2.05) is 0 Å². The third-order valence-electron chi connectivity index (χ3n) is 4.74. The molecule has 1 saturated heterocycles. The second-order valence-electron chi connectivity index (χ2n) is 6.26. The minimum absolute atomic E-state index is 0.0114. The van der Waals surface area contributed by atoms with Crippen LogP contribution in [0.4, 0.5) is 0 Å². The highest BCUT2D eigenvalue weighted by Gasteiger charge is 2.34. The molecule has 1 heterocycles. The summed E-state index contributed by atoms with van der Waals surface area (Å²) in [7, 11) is 0. The first-order valence-corrected chi connectivity index (χ1v) is 7.89. The molecule has 18 heavy (non-hydrogen) atoms. The molecule has 2 aliphatic rings. The van der Waals surface area contributed by atoms with E-state index < -0.39 is 0 Å². The molecule has 106 valence electrons. The van der Waals surface area contributed by atoms with Gasteiger partial charge in [-0.3, -0.25) is 0 Å². The van der Waals surface area contributed by atoms with E-state index >= 15 is 0 Å². The Labute approximate surface area is 112 Å². The average molecular weight is 254 g/mol. The molecule has 0 spiro atoms. The van der Waals surface area contributed by atoms with Crippen molar-refractivity contribution in [2.45, 2.75) is 69.9 Å². The molecule has 0 radical (unpaired) electrons. The monoisotopic (exact) mass is 254 g/mol. The van der Waals surface area contributed by atoms with Gasteiger partial charge in [-0.05, 0) is 58.2 Å². The molecule has 0 bridgehead atoms. The van der Waals surface area contributed by atoms with Crippen LogP contribution in [0, 0.1) is 0 Å². The van der Waals surface area contributed by atoms with Gasteiger partial charge in [0.2, 0.25) is 0 Å². The summed E-state index contributed by atoms with van der Waals surface area (Å²) in [4.78, 5) is 2.56. The van der Waals surface area contributed by atoms with Crippen LogP contribution in [-0.4, -0.2) is 47.8 Å². The highest BCUT2D eigenvalue weighted by molar-refractivity contribution is 4.94. The zero-order valence-electron chi connectivity index (χ0n) is 12.0. The maximum absolute atomic E-state index is 9.86. The quantitative estimate of drug-likeness (QED) is 0.789. The Morgan fingerprint density at radius 2 is 1.94 bits per heavy atom. The standard InChI is InChI=1S/C15H30N2O/c1-2-10-17-11-5-8-15(13-18,9-12-17)16-14-6-3-4-7-14/h14,16,18H,2-13H2,1H3. The zero-order valence-corrected chi connectivity index (χ0v) is 12.0. The number of likely N-dealkylation sites (tertiary alicyclic amines) is 1. The predicted octanol–water partition coefficient (Wildman–Crippen LogP) is 2.15. The van der Waals surface area contributed by atoms with Crippen molar-refractivity contribution in [3.8, 4) is 0 Å². The Balaban J connectivity index is 1.89. The molecule has 1 aliphatic heterocycles. The van der Waals surface area contributed by atoms with Gasteiger partial charge in [0.1, 0.15) is 0 Å². The molecule has 0 amide bonds. The molecule has 2 fully saturated rings. The molecule has 3 nitrogen and oxygen atoms in total. The lowest BCUT2D eigenvalue weighted by atomic mass is 9.90. The molecule has 0 aromatic heterocycles. The summed E-state index contributed by atoms with van der Waals surface area (Å²) in [6.45, 7) is 6.13. The van der Waals surface area contributed by atoms with Gasteiger partial charge in [0, 0.05) is 11.6 Å². The Morgan fingerprint density at radius 3 is 2.61 bits per heavy atom. The number of nitrogens with one attached hydrogen (secondary N) is 1. The Bertz CT molecular complexity index is 241. The van der Waals surface area contributed by atoms with E-state index in [-0.39, 0.29) is 5.54 Å². The van der Waals surface area contributed by atoms with E-state index in [2.05, 4.69) is 17.1 Å². The number of aliphatic hydroxyl groups excluding tert-OH is 1. The lowest BCUT2D eigenvalue weighted by molar-refractivity contribution is 0.130. The Morgan fingerprint density at radius 1 is 1.17 bits per heavy atom. The van der Waals surface area contributed by atoms with E-state index in [0.29, 0.717) is 12.6 Å². The van der Waals surface area contributed by atoms with Gasteiger partial charge in [0.15, 0.2) is 0 Å². The highest BCUT2D eigenvalue weighted by Crippen LogP contribution is 2.27. The van der Waals surface area contributed by atoms with Crippen LogP contribution in [0.2, 0.25) is 0 Å². The van der Waals surface area contributed by atoms with Crippen LogP contribution < -0.4 is 5.32 Å². The summed E-state index contributed by atoms with van der Waals surface area (Å²) < 4.78 is 0. The zero-order chi connectivity index (χ0) is 12.8. The third kappa shape index (κ3) is 3.69. The second-order valence-corrected chi connectivity index (χ2v) is 6.26. The lowest BCUT2D eigenvalue weighted by Crippen LogP contribution is -2.52. The van der Waals surface area contributed by atoms with Crippen LogP contribution in [0.3, 0.4) is 0 Å². The number of aliphatic hydroxyl groups is 1. The normalized spacial score (nSPS) is 31.7. The van der Waals surface area contributed by atoms with Crippen LogP contribution in [0.1, 0.15) is 58.3 Å². The van der Waals surface area contributed by atoms with E-state index in [0.717, 1.165) is 19.4 Å². The van der Waals surface area contributed by atoms with E-state index in [4.69, 9.17) is 0 Å². The maximum atomic E-state index is 9.86. The summed E-state index contributed by atoms with van der Waals surface area (Å²) in [6.07, 6.45) is 10.0. The predicted molar refractivity (Wildman–Crippen MR) is 75.8 cm³/mol. The summed E-state index contributed by atoms with van der Waals surface area (Å²) in [5.74, 6) is 0. The summed E-state index contributed by atoms with van der Waals surface area (Å²) >= 11 is 0. The van der Waals surface area contributed by atoms with Crippen molar-refractivity contribution in [2.75, 3.05) is 26.2 Å². The van der Waals surface area contributed by atoms with Gasteiger partial charge in [-0.25, -0.2) is 0 Å². The average Bonchev–Trinajstić information content (AvgIpc) is 2.80. The highest BCUT2D eigenvalue weighted by atomic mass is 16.3. The molecular weight excluding hydrogens is 224 g/mol. The summed E-state index contributed by atoms with van der Waals surface area (Å²) in [5.41, 5.74) is 0.0114. The van der Waals surface area contributed by atoms with Crippen LogP contribution >= 0.6 is 0 Å². The summed E-state index contributed by atoms with van der Waals surface area (Å²) in [6, 6.07) is 0.662. The van der Waals surface area contributed by atoms with Crippen molar-refractivity contribution in [1.82, 2.24) is 10.2 Å². The molecule has 1 aliphatic carbocycles. The molecule has 3 heteroatoms. The largest absolute Gasteiger partial charge is 0.394 e. The molecule has 1 atom stereocenters. The third-order valence-corrected chi connectivity index (χ3v) is 4.74. The van der Waals surface area contributed by atoms with Gasteiger partial charge in [0.25, 0.3) is 0 Å². The first kappa shape index (κ1) is 14.3. The van der Waals surface area contributed by atoms with Gasteiger partial charge in [0.05, 0.1) is 6.61 Å². The van der Waals surface area contributed by atoms with Gasteiger partial charge >= 0.3 is 0 Å². The van der Waals surface area contributed by atoms with Gasteiger partial charge in [-0.1, -0.05) is 19.8 Å². The van der Waals surface area contributed by atoms with E-state index in [1.54, 1.807) is 0 Å². The molecule has 2 rings (SSSR count). The van der Waals surface area contributed by atoms with E-state index in [9.17, 15) is 5.11 Å². The fraction of sp³-hybridized carbons (Fsp3) is 1.00. The smallest absolute Gasteiger partial charge is 0.0613 e. The van der Waals surface area contributed by atoms with Crippen LogP contribution in [-0.2, 0) is 0 Å². The van der Waals surface area contributed by atoms with Crippen LogP contribution in [0.5, 0.6) is 0 Å². The topological polar surface area (TPSA) is 35.5 Å². The van der Waals surface area contributed by atoms with Gasteiger partial charge in [-0.15, -0.1) is 0 Å². The number of rotatable bonds is 5. The number of hydrogen-bond acceptors (Lipinski definition) is 3. The van der Waals surface area contributed by atoms with Crippen molar-refractivity contribution < 1.29 is 5.11 Å². The number of nitrogens with zero attached hydrogens (tertiary/aromatic N) is 1. The van der Waals surface area contributed by atoms with E-state index in [1.165, 1.54) is 51.6 Å². The fourth-order valence-corrected chi connectivity index (χ4v) is 3.64. The molecule has 2 N–H and O–H groups in total. The van der Waals surface area contributed by atoms with Crippen molar-refractivity contribution >= 4 is 0 Å². The first-order chi connectivity index (χ1) is 8.78. The van der Waals surface area contributed by atoms with Crippen molar-refractivity contribution in [3.05, 3.63) is 0 Å². The maximum Gasteiger partial charge on any atom is 0.0613 e. The minimum Gasteiger partial charge on any atom is -0.394 e. The molecule has 1 saturated carbocycles. The molecule has 0 aromatic carbocycles. The fourth-order valence-electron chi connectivity index (χ4n) is 3.64. The second kappa shape index (κ2) is 6.88. The summed E-state index contributed by atoms with van der Waals surface area (Å²) in [5, 5.41) is 13.7. The molecule has 0 aromatic rings. The molecule has 1 unspecified atom stereocenters. The van der Waals surface area contributed by atoms with Crippen LogP contribution in [0.15, 0.2) is 0 Å². The van der Waals surface area contributed by atoms with Crippen molar-refractivity contribution in [3.63, 3.8) is 0 Å². The molecular formula is C15H30N2O. The SMILES string of the molecule is CCCN1CCCC(CO)(NC2CCCC2)CC1. The Hall–Kier alpha value is -0.120. The first-order valence-electron chi connectivity index (χ1n) is 7.89. The lowest BCUT2D eigenvalue weighted by Gasteiger charge is -2.35. The van der Waals surface area contributed by atoms with Crippen molar-refractivity contribution in [1.29, 1.82) is 0 Å². The van der Waals surface area contributed by atoms with Gasteiger partial charge in [-0.2, -0.15) is 0 Å². The Kier molecular flexibility index (Phi) is 5.46. The van der Waals surface area contributed by atoms with Crippen LogP contribution in [0.25, 0.3) is 0 Å². The van der Waals surface area contributed by atoms with Gasteiger partial charge < -0.3 is 15.3 Å². The van der Waals surface area contributed by atoms with Crippen molar-refractivity contribution in [2.24, 2.45) is 0 Å². The minimum atomic E-state index is 0.0114. The number of hydrogen-bond donors (Lipinski definition) is 2.